The molecule has 1 fully saturated rings. The highest BCUT2D eigenvalue weighted by molar-refractivity contribution is 9.10. The molecule has 2 aromatic rings. The van der Waals surface area contributed by atoms with E-state index in [1.807, 2.05) is 0 Å². The van der Waals surface area contributed by atoms with E-state index in [9.17, 15) is 0 Å². The molecule has 3 heteroatoms. The van der Waals surface area contributed by atoms with Gasteiger partial charge in [0.2, 0.25) is 0 Å². The van der Waals surface area contributed by atoms with Crippen molar-refractivity contribution in [3.05, 3.63) is 33.4 Å². The summed E-state index contributed by atoms with van der Waals surface area (Å²) in [7, 11) is 2.19. The Balaban J connectivity index is 2.30. The fraction of sp³-hybridized carbons (Fsp3) is 0.467. The van der Waals surface area contributed by atoms with Crippen molar-refractivity contribution in [2.75, 3.05) is 6.54 Å². The molecule has 0 spiro atoms. The van der Waals surface area contributed by atoms with Crippen LogP contribution >= 0.6 is 15.9 Å². The highest BCUT2D eigenvalue weighted by Crippen LogP contribution is 2.38. The number of rotatable bonds is 1. The summed E-state index contributed by atoms with van der Waals surface area (Å²) in [6.07, 6.45) is 2.51. The molecule has 0 bridgehead atoms. The van der Waals surface area contributed by atoms with Gasteiger partial charge in [-0.2, -0.15) is 0 Å². The average molecular weight is 307 g/mol. The van der Waals surface area contributed by atoms with Crippen LogP contribution in [0.1, 0.15) is 35.7 Å². The largest absolute Gasteiger partial charge is 0.345 e. The van der Waals surface area contributed by atoms with Crippen LogP contribution < -0.4 is 5.32 Å². The van der Waals surface area contributed by atoms with E-state index in [1.165, 1.54) is 45.0 Å². The molecule has 18 heavy (non-hydrogen) atoms. The Morgan fingerprint density at radius 2 is 2.11 bits per heavy atom. The third kappa shape index (κ3) is 1.64. The third-order valence-electron chi connectivity index (χ3n) is 4.25. The minimum atomic E-state index is 0.497. The van der Waals surface area contributed by atoms with Crippen LogP contribution in [-0.2, 0) is 7.05 Å². The minimum Gasteiger partial charge on any atom is -0.345 e. The summed E-state index contributed by atoms with van der Waals surface area (Å²) in [5.74, 6) is 0. The summed E-state index contributed by atoms with van der Waals surface area (Å²) in [6, 6.07) is 4.95. The average Bonchev–Trinajstić information content (AvgIpc) is 2.92. The molecule has 1 aromatic heterocycles. The monoisotopic (exact) mass is 306 g/mol. The maximum absolute atomic E-state index is 3.81. The molecule has 2 nitrogen and oxygen atoms in total. The van der Waals surface area contributed by atoms with Crippen LogP contribution in [0.3, 0.4) is 0 Å². The predicted octanol–water partition coefficient (Wildman–Crippen LogP) is 3.98. The number of benzene rings is 1. The van der Waals surface area contributed by atoms with Crippen LogP contribution in [0, 0.1) is 13.8 Å². The van der Waals surface area contributed by atoms with E-state index in [4.69, 9.17) is 0 Å². The lowest BCUT2D eigenvalue weighted by Crippen LogP contribution is -2.16. The lowest BCUT2D eigenvalue weighted by atomic mass is 10.1. The van der Waals surface area contributed by atoms with Crippen LogP contribution in [0.4, 0.5) is 0 Å². The van der Waals surface area contributed by atoms with E-state index in [-0.39, 0.29) is 0 Å². The predicted molar refractivity (Wildman–Crippen MR) is 80.1 cm³/mol. The molecule has 1 aliphatic rings. The van der Waals surface area contributed by atoms with Gasteiger partial charge in [-0.25, -0.2) is 0 Å². The van der Waals surface area contributed by atoms with Gasteiger partial charge in [0, 0.05) is 28.6 Å². The Morgan fingerprint density at radius 3 is 2.78 bits per heavy atom. The summed E-state index contributed by atoms with van der Waals surface area (Å²) < 4.78 is 3.63. The summed E-state index contributed by atoms with van der Waals surface area (Å²) in [6.45, 7) is 5.54. The zero-order chi connectivity index (χ0) is 12.9. The van der Waals surface area contributed by atoms with Gasteiger partial charge < -0.3 is 9.88 Å². The van der Waals surface area contributed by atoms with E-state index < -0.39 is 0 Å². The number of aromatic nitrogens is 1. The Labute approximate surface area is 116 Å². The summed E-state index contributed by atoms with van der Waals surface area (Å²) in [5, 5.41) is 4.94. The number of nitrogens with one attached hydrogen (secondary N) is 1. The van der Waals surface area contributed by atoms with E-state index in [2.05, 4.69) is 58.8 Å². The summed E-state index contributed by atoms with van der Waals surface area (Å²) in [4.78, 5) is 0. The highest BCUT2D eigenvalue weighted by Gasteiger charge is 2.24. The maximum Gasteiger partial charge on any atom is 0.0524 e. The fourth-order valence-electron chi connectivity index (χ4n) is 3.12. The number of fused-ring (bicyclic) bond motifs is 1. The van der Waals surface area contributed by atoms with Gasteiger partial charge in [-0.05, 0) is 60.3 Å². The Morgan fingerprint density at radius 1 is 1.33 bits per heavy atom. The zero-order valence-corrected chi connectivity index (χ0v) is 12.8. The zero-order valence-electron chi connectivity index (χ0n) is 11.2. The van der Waals surface area contributed by atoms with Crippen molar-refractivity contribution in [3.63, 3.8) is 0 Å². The van der Waals surface area contributed by atoms with Gasteiger partial charge in [-0.3, -0.25) is 0 Å². The van der Waals surface area contributed by atoms with E-state index in [1.54, 1.807) is 0 Å². The molecule has 1 unspecified atom stereocenters. The second-order valence-corrected chi connectivity index (χ2v) is 6.10. The Bertz CT molecular complexity index is 607. The molecular weight excluding hydrogens is 288 g/mol. The lowest BCUT2D eigenvalue weighted by Gasteiger charge is -2.13. The topological polar surface area (TPSA) is 17.0 Å². The van der Waals surface area contributed by atoms with Gasteiger partial charge in [-0.1, -0.05) is 12.1 Å². The SMILES string of the molecule is Cc1ccc2c(Br)c(C3CCCN3)n(C)c2c1C. The molecular formula is C15H19BrN2. The number of halogens is 1. The van der Waals surface area contributed by atoms with Crippen LogP contribution in [0.2, 0.25) is 0 Å². The molecule has 1 saturated heterocycles. The van der Waals surface area contributed by atoms with Gasteiger partial charge in [-0.15, -0.1) is 0 Å². The van der Waals surface area contributed by atoms with Crippen molar-refractivity contribution in [1.82, 2.24) is 9.88 Å². The standard InChI is InChI=1S/C15H19BrN2/c1-9-6-7-11-13(16)15(12-5-4-8-17-12)18(3)14(11)10(9)2/h6-7,12,17H,4-5,8H2,1-3H3. The molecule has 1 aromatic carbocycles. The molecule has 0 amide bonds. The van der Waals surface area contributed by atoms with Gasteiger partial charge in [0.15, 0.2) is 0 Å². The van der Waals surface area contributed by atoms with Gasteiger partial charge >= 0.3 is 0 Å². The van der Waals surface area contributed by atoms with E-state index >= 15 is 0 Å². The maximum atomic E-state index is 3.81. The van der Waals surface area contributed by atoms with Gasteiger partial charge in [0.25, 0.3) is 0 Å². The van der Waals surface area contributed by atoms with Crippen molar-refractivity contribution >= 4 is 26.8 Å². The van der Waals surface area contributed by atoms with Crippen LogP contribution in [0.15, 0.2) is 16.6 Å². The summed E-state index contributed by atoms with van der Waals surface area (Å²) >= 11 is 3.81. The fourth-order valence-corrected chi connectivity index (χ4v) is 3.98. The number of hydrogen-bond acceptors (Lipinski definition) is 1. The van der Waals surface area contributed by atoms with Crippen molar-refractivity contribution in [1.29, 1.82) is 0 Å². The van der Waals surface area contributed by atoms with Crippen LogP contribution in [0.25, 0.3) is 10.9 Å². The van der Waals surface area contributed by atoms with Crippen molar-refractivity contribution in [2.24, 2.45) is 7.05 Å². The third-order valence-corrected chi connectivity index (χ3v) is 5.08. The Hall–Kier alpha value is -0.800. The first-order valence-corrected chi connectivity index (χ1v) is 7.38. The smallest absolute Gasteiger partial charge is 0.0524 e. The molecule has 0 saturated carbocycles. The molecule has 0 radical (unpaired) electrons. The van der Waals surface area contributed by atoms with Crippen molar-refractivity contribution in [3.8, 4) is 0 Å². The Kier molecular flexibility index (Phi) is 2.99. The van der Waals surface area contributed by atoms with Crippen LogP contribution in [0.5, 0.6) is 0 Å². The number of hydrogen-bond donors (Lipinski definition) is 1. The van der Waals surface area contributed by atoms with Crippen molar-refractivity contribution in [2.45, 2.75) is 32.7 Å². The quantitative estimate of drug-likeness (QED) is 0.843. The summed E-state index contributed by atoms with van der Waals surface area (Å²) in [5.41, 5.74) is 5.52. The van der Waals surface area contributed by atoms with E-state index in [0.29, 0.717) is 6.04 Å². The van der Waals surface area contributed by atoms with E-state index in [0.717, 1.165) is 6.54 Å². The molecule has 1 aliphatic heterocycles. The normalized spacial score (nSPS) is 19.9. The number of nitrogens with zero attached hydrogens (tertiary/aromatic N) is 1. The number of aryl methyl sites for hydroxylation is 3. The molecule has 2 heterocycles. The lowest BCUT2D eigenvalue weighted by molar-refractivity contribution is 0.601. The molecule has 0 aliphatic carbocycles. The first-order chi connectivity index (χ1) is 8.61. The first-order valence-electron chi connectivity index (χ1n) is 6.58. The van der Waals surface area contributed by atoms with Crippen LogP contribution in [-0.4, -0.2) is 11.1 Å². The second kappa shape index (κ2) is 4.39. The van der Waals surface area contributed by atoms with Gasteiger partial charge in [0.05, 0.1) is 5.52 Å². The molecule has 96 valence electrons. The van der Waals surface area contributed by atoms with Gasteiger partial charge in [0.1, 0.15) is 0 Å². The molecule has 1 atom stereocenters. The second-order valence-electron chi connectivity index (χ2n) is 5.31. The molecule has 3 rings (SSSR count). The van der Waals surface area contributed by atoms with Crippen molar-refractivity contribution < 1.29 is 0 Å². The highest BCUT2D eigenvalue weighted by atomic mass is 79.9. The first kappa shape index (κ1) is 12.2. The minimum absolute atomic E-state index is 0.497. The molecule has 1 N–H and O–H groups in total.